The molecule has 0 saturated heterocycles. The van der Waals surface area contributed by atoms with Crippen LogP contribution >= 0.6 is 0 Å². The molecule has 138 valence electrons. The maximum absolute atomic E-state index is 2.57. The van der Waals surface area contributed by atoms with Crippen LogP contribution < -0.4 is 10.4 Å². The van der Waals surface area contributed by atoms with Crippen LogP contribution in [0.4, 0.5) is 0 Å². The number of hydrogen-bond donors (Lipinski definition) is 0. The molecule has 0 radical (unpaired) electrons. The average molecular weight is 347 g/mol. The van der Waals surface area contributed by atoms with E-state index in [2.05, 4.69) is 78.8 Å². The highest BCUT2D eigenvalue weighted by molar-refractivity contribution is 5.82. The maximum Gasteiger partial charge on any atom is 0.00903 e. The van der Waals surface area contributed by atoms with E-state index in [1.807, 2.05) is 0 Å². The first-order chi connectivity index (χ1) is 12.0. The molecule has 3 aliphatic rings. The number of benzene rings is 1. The van der Waals surface area contributed by atoms with Gasteiger partial charge in [0.15, 0.2) is 0 Å². The van der Waals surface area contributed by atoms with E-state index in [-0.39, 0.29) is 5.41 Å². The Balaban J connectivity index is 1.95. The molecule has 0 heteroatoms. The lowest BCUT2D eigenvalue weighted by atomic mass is 9.73. The monoisotopic (exact) mass is 346 g/mol. The van der Waals surface area contributed by atoms with Gasteiger partial charge in [0.1, 0.15) is 0 Å². The normalized spacial score (nSPS) is 23.0. The van der Waals surface area contributed by atoms with Gasteiger partial charge in [-0.1, -0.05) is 78.8 Å². The van der Waals surface area contributed by atoms with Crippen molar-refractivity contribution in [3.8, 4) is 0 Å². The van der Waals surface area contributed by atoms with Crippen LogP contribution in [0.25, 0.3) is 11.6 Å². The van der Waals surface area contributed by atoms with Gasteiger partial charge in [-0.15, -0.1) is 0 Å². The molecule has 0 aliphatic heterocycles. The third kappa shape index (κ3) is 3.02. The lowest BCUT2D eigenvalue weighted by Crippen LogP contribution is -2.36. The minimum absolute atomic E-state index is 0.139. The SMILES string of the molecule is CC(C)(C)Cc1ccc2c(c1)=C1CC3=CC(C)(C)CCC3=C1C(C)(C)C=2. The standard InChI is InChI=1S/C26H34/c1-24(2,3)14-17-8-9-18-16-26(6,7)23-20-10-11-25(4,5)15-19(20)13-22(23)21(18)12-17/h8-9,12,15-16H,10-11,13-14H2,1-7H3. The Kier molecular flexibility index (Phi) is 3.75. The summed E-state index contributed by atoms with van der Waals surface area (Å²) in [6, 6.07) is 7.21. The molecule has 0 aromatic heterocycles. The highest BCUT2D eigenvalue weighted by atomic mass is 14.4. The minimum Gasteiger partial charge on any atom is -0.0750 e. The first-order valence-corrected chi connectivity index (χ1v) is 10.3. The van der Waals surface area contributed by atoms with E-state index in [1.54, 1.807) is 22.3 Å². The molecular formula is C26H34. The van der Waals surface area contributed by atoms with Gasteiger partial charge in [-0.3, -0.25) is 0 Å². The average Bonchev–Trinajstić information content (AvgIpc) is 2.84. The van der Waals surface area contributed by atoms with E-state index in [9.17, 15) is 0 Å². The zero-order valence-electron chi connectivity index (χ0n) is 17.7. The summed E-state index contributed by atoms with van der Waals surface area (Å²) in [5.74, 6) is 0. The Morgan fingerprint density at radius 3 is 2.38 bits per heavy atom. The van der Waals surface area contributed by atoms with Gasteiger partial charge in [-0.2, -0.15) is 0 Å². The Morgan fingerprint density at radius 1 is 0.962 bits per heavy atom. The quantitative estimate of drug-likeness (QED) is 0.612. The second-order valence-corrected chi connectivity index (χ2v) is 11.2. The largest absolute Gasteiger partial charge is 0.0750 e. The Morgan fingerprint density at radius 2 is 1.69 bits per heavy atom. The van der Waals surface area contributed by atoms with E-state index >= 15 is 0 Å². The van der Waals surface area contributed by atoms with Crippen molar-refractivity contribution in [2.45, 2.75) is 74.1 Å². The zero-order chi connectivity index (χ0) is 18.9. The van der Waals surface area contributed by atoms with Gasteiger partial charge in [0, 0.05) is 5.41 Å². The molecule has 0 heterocycles. The van der Waals surface area contributed by atoms with Crippen LogP contribution in [0.2, 0.25) is 0 Å². The lowest BCUT2D eigenvalue weighted by Gasteiger charge is -2.31. The number of hydrogen-bond acceptors (Lipinski definition) is 0. The van der Waals surface area contributed by atoms with Crippen molar-refractivity contribution in [1.82, 2.24) is 0 Å². The van der Waals surface area contributed by atoms with Gasteiger partial charge in [-0.05, 0) is 74.8 Å². The first kappa shape index (κ1) is 17.8. The van der Waals surface area contributed by atoms with Crippen molar-refractivity contribution in [1.29, 1.82) is 0 Å². The van der Waals surface area contributed by atoms with E-state index in [0.717, 1.165) is 12.8 Å². The second-order valence-electron chi connectivity index (χ2n) is 11.2. The molecule has 0 fully saturated rings. The third-order valence-electron chi connectivity index (χ3n) is 6.28. The van der Waals surface area contributed by atoms with Crippen LogP contribution in [0.15, 0.2) is 41.0 Å². The van der Waals surface area contributed by atoms with Gasteiger partial charge < -0.3 is 0 Å². The number of rotatable bonds is 1. The Hall–Kier alpha value is -1.56. The van der Waals surface area contributed by atoms with Crippen molar-refractivity contribution in [3.63, 3.8) is 0 Å². The van der Waals surface area contributed by atoms with Crippen LogP contribution in [0.1, 0.15) is 73.3 Å². The van der Waals surface area contributed by atoms with Crippen molar-refractivity contribution < 1.29 is 0 Å². The molecule has 3 aliphatic carbocycles. The Bertz CT molecular complexity index is 952. The molecule has 4 rings (SSSR count). The number of fused-ring (bicyclic) bond motifs is 3. The molecule has 0 amide bonds. The van der Waals surface area contributed by atoms with E-state index in [4.69, 9.17) is 0 Å². The van der Waals surface area contributed by atoms with Gasteiger partial charge in [0.25, 0.3) is 0 Å². The van der Waals surface area contributed by atoms with Crippen molar-refractivity contribution in [2.24, 2.45) is 16.2 Å². The van der Waals surface area contributed by atoms with Gasteiger partial charge in [0.2, 0.25) is 0 Å². The molecule has 0 atom stereocenters. The van der Waals surface area contributed by atoms with E-state index in [1.165, 1.54) is 28.8 Å². The summed E-state index contributed by atoms with van der Waals surface area (Å²) in [6.07, 6.45) is 9.87. The predicted molar refractivity (Wildman–Crippen MR) is 113 cm³/mol. The Labute approximate surface area is 159 Å². The smallest absolute Gasteiger partial charge is 0.00903 e. The van der Waals surface area contributed by atoms with Crippen LogP contribution in [0, 0.1) is 16.2 Å². The first-order valence-electron chi connectivity index (χ1n) is 10.3. The van der Waals surface area contributed by atoms with E-state index < -0.39 is 0 Å². The van der Waals surface area contributed by atoms with Crippen LogP contribution in [0.5, 0.6) is 0 Å². The van der Waals surface area contributed by atoms with Crippen LogP contribution in [0.3, 0.4) is 0 Å². The number of allylic oxidation sites excluding steroid dienone is 4. The highest BCUT2D eigenvalue weighted by Gasteiger charge is 2.38. The summed E-state index contributed by atoms with van der Waals surface area (Å²) in [5, 5.41) is 2.94. The molecule has 26 heavy (non-hydrogen) atoms. The fourth-order valence-corrected chi connectivity index (χ4v) is 5.32. The van der Waals surface area contributed by atoms with Crippen LogP contribution in [-0.4, -0.2) is 0 Å². The van der Waals surface area contributed by atoms with Gasteiger partial charge in [-0.25, -0.2) is 0 Å². The van der Waals surface area contributed by atoms with E-state index in [0.29, 0.717) is 10.8 Å². The second kappa shape index (κ2) is 5.47. The summed E-state index contributed by atoms with van der Waals surface area (Å²) in [5.41, 5.74) is 8.81. The molecule has 1 aromatic carbocycles. The maximum atomic E-state index is 2.57. The molecular weight excluding hydrogens is 312 g/mol. The molecule has 0 saturated carbocycles. The van der Waals surface area contributed by atoms with Crippen LogP contribution in [-0.2, 0) is 6.42 Å². The summed E-state index contributed by atoms with van der Waals surface area (Å²) in [6.45, 7) is 16.6. The molecule has 0 N–H and O–H groups in total. The van der Waals surface area contributed by atoms with Gasteiger partial charge in [0.05, 0.1) is 0 Å². The summed E-state index contributed by atoms with van der Waals surface area (Å²) in [4.78, 5) is 0. The molecule has 0 nitrogen and oxygen atoms in total. The van der Waals surface area contributed by atoms with Gasteiger partial charge >= 0.3 is 0 Å². The summed E-state index contributed by atoms with van der Waals surface area (Å²) >= 11 is 0. The molecule has 0 unspecified atom stereocenters. The molecule has 1 aromatic rings. The fraction of sp³-hybridized carbons (Fsp3) is 0.538. The molecule has 0 bridgehead atoms. The lowest BCUT2D eigenvalue weighted by molar-refractivity contribution is 0.411. The van der Waals surface area contributed by atoms with Crippen molar-refractivity contribution in [2.75, 3.05) is 0 Å². The molecule has 0 spiro atoms. The summed E-state index contributed by atoms with van der Waals surface area (Å²) < 4.78 is 0. The summed E-state index contributed by atoms with van der Waals surface area (Å²) in [7, 11) is 0. The minimum atomic E-state index is 0.139. The highest BCUT2D eigenvalue weighted by Crippen LogP contribution is 2.52. The predicted octanol–water partition coefficient (Wildman–Crippen LogP) is 5.69. The topological polar surface area (TPSA) is 0 Å². The fourth-order valence-electron chi connectivity index (χ4n) is 5.32. The third-order valence-corrected chi connectivity index (χ3v) is 6.28. The zero-order valence-corrected chi connectivity index (χ0v) is 17.7. The van der Waals surface area contributed by atoms with Crippen molar-refractivity contribution in [3.05, 3.63) is 57.0 Å². The van der Waals surface area contributed by atoms with Crippen molar-refractivity contribution >= 4 is 11.6 Å².